The van der Waals surface area contributed by atoms with Crippen LogP contribution in [0.3, 0.4) is 0 Å². The van der Waals surface area contributed by atoms with Crippen molar-refractivity contribution in [2.24, 2.45) is 5.92 Å². The summed E-state index contributed by atoms with van der Waals surface area (Å²) >= 11 is 0. The van der Waals surface area contributed by atoms with Gasteiger partial charge in [-0.1, -0.05) is 155 Å². The smallest absolute Gasteiger partial charge is 0.335 e. The minimum absolute atomic E-state index is 0.509. The standard InChI is InChI=1S/C35H62O2/c1-5-8-11-14-16-17-20-22-25-31(24-21-19-15-12-9-6-2)29-34-30(4)33(35(36)37)28-27-32(34)26-23-18-13-10-7-3/h27-28,31H,5-26,29H2,1-4H3,(H,36,37). The molecule has 1 atom stereocenters. The maximum atomic E-state index is 11.9. The van der Waals surface area contributed by atoms with Gasteiger partial charge in [-0.2, -0.15) is 0 Å². The van der Waals surface area contributed by atoms with E-state index in [4.69, 9.17) is 0 Å². The van der Waals surface area contributed by atoms with Crippen LogP contribution < -0.4 is 0 Å². The number of hydrogen-bond acceptors (Lipinski definition) is 1. The van der Waals surface area contributed by atoms with E-state index in [1.807, 2.05) is 6.07 Å². The molecule has 1 rings (SSSR count). The summed E-state index contributed by atoms with van der Waals surface area (Å²) in [5, 5.41) is 9.81. The topological polar surface area (TPSA) is 37.3 Å². The predicted octanol–water partition coefficient (Wildman–Crippen LogP) is 11.6. The number of hydrogen-bond donors (Lipinski definition) is 1. The van der Waals surface area contributed by atoms with Gasteiger partial charge in [0.25, 0.3) is 0 Å². The molecule has 0 aliphatic rings. The molecule has 0 radical (unpaired) electrons. The van der Waals surface area contributed by atoms with E-state index in [1.54, 1.807) is 0 Å². The van der Waals surface area contributed by atoms with Gasteiger partial charge in [-0.25, -0.2) is 4.79 Å². The zero-order chi connectivity index (χ0) is 27.1. The van der Waals surface area contributed by atoms with Crippen LogP contribution in [0.15, 0.2) is 12.1 Å². The molecule has 0 amide bonds. The lowest BCUT2D eigenvalue weighted by atomic mass is 9.83. The minimum Gasteiger partial charge on any atom is -0.478 e. The van der Waals surface area contributed by atoms with Crippen molar-refractivity contribution >= 4 is 5.97 Å². The molecule has 1 aromatic rings. The van der Waals surface area contributed by atoms with Crippen molar-refractivity contribution in [1.29, 1.82) is 0 Å². The number of aromatic carboxylic acids is 1. The third kappa shape index (κ3) is 15.6. The monoisotopic (exact) mass is 514 g/mol. The second-order valence-corrected chi connectivity index (χ2v) is 11.7. The molecule has 0 aliphatic carbocycles. The average Bonchev–Trinajstić information content (AvgIpc) is 2.88. The van der Waals surface area contributed by atoms with Crippen LogP contribution in [0.25, 0.3) is 0 Å². The van der Waals surface area contributed by atoms with E-state index in [-0.39, 0.29) is 0 Å². The number of carboxylic acid groups (broad SMARTS) is 1. The Kier molecular flexibility index (Phi) is 20.6. The summed E-state index contributed by atoms with van der Waals surface area (Å²) in [6, 6.07) is 4.01. The highest BCUT2D eigenvalue weighted by Crippen LogP contribution is 2.29. The molecule has 37 heavy (non-hydrogen) atoms. The normalized spacial score (nSPS) is 12.2. The van der Waals surface area contributed by atoms with E-state index in [0.717, 1.165) is 18.4 Å². The molecular weight excluding hydrogens is 452 g/mol. The second kappa shape index (κ2) is 22.7. The van der Waals surface area contributed by atoms with E-state index in [1.165, 1.54) is 146 Å². The van der Waals surface area contributed by atoms with Crippen molar-refractivity contribution < 1.29 is 9.90 Å². The fraction of sp³-hybridized carbons (Fsp3) is 0.800. The molecule has 214 valence electrons. The first kappa shape index (κ1) is 33.7. The van der Waals surface area contributed by atoms with E-state index >= 15 is 0 Å². The molecule has 1 aromatic carbocycles. The first-order chi connectivity index (χ1) is 18.0. The van der Waals surface area contributed by atoms with Gasteiger partial charge in [0.05, 0.1) is 5.56 Å². The summed E-state index contributed by atoms with van der Waals surface area (Å²) in [6.45, 7) is 8.91. The lowest BCUT2D eigenvalue weighted by Crippen LogP contribution is -2.12. The van der Waals surface area contributed by atoms with Crippen LogP contribution in [0.4, 0.5) is 0 Å². The molecule has 2 heteroatoms. The van der Waals surface area contributed by atoms with Crippen LogP contribution in [0.1, 0.15) is 183 Å². The number of carbonyl (C=O) groups is 1. The first-order valence-corrected chi connectivity index (χ1v) is 16.4. The van der Waals surface area contributed by atoms with E-state index in [2.05, 4.69) is 33.8 Å². The summed E-state index contributed by atoms with van der Waals surface area (Å²) in [5.74, 6) is -0.0864. The molecule has 1 unspecified atom stereocenters. The maximum Gasteiger partial charge on any atom is 0.335 e. The van der Waals surface area contributed by atoms with Crippen LogP contribution >= 0.6 is 0 Å². The van der Waals surface area contributed by atoms with Gasteiger partial charge in [-0.15, -0.1) is 0 Å². The fourth-order valence-corrected chi connectivity index (χ4v) is 5.90. The third-order valence-corrected chi connectivity index (χ3v) is 8.40. The Morgan fingerprint density at radius 2 is 1.08 bits per heavy atom. The van der Waals surface area contributed by atoms with Gasteiger partial charge in [0.2, 0.25) is 0 Å². The van der Waals surface area contributed by atoms with Crippen molar-refractivity contribution in [3.05, 3.63) is 34.4 Å². The molecule has 0 aliphatic heterocycles. The average molecular weight is 515 g/mol. The second-order valence-electron chi connectivity index (χ2n) is 11.7. The van der Waals surface area contributed by atoms with Gasteiger partial charge >= 0.3 is 5.97 Å². The zero-order valence-electron chi connectivity index (χ0n) is 25.4. The van der Waals surface area contributed by atoms with E-state index < -0.39 is 5.97 Å². The molecule has 0 saturated heterocycles. The Morgan fingerprint density at radius 3 is 1.54 bits per heavy atom. The summed E-state index contributed by atoms with van der Waals surface area (Å²) in [4.78, 5) is 11.9. The minimum atomic E-state index is -0.774. The van der Waals surface area contributed by atoms with E-state index in [0.29, 0.717) is 11.5 Å². The van der Waals surface area contributed by atoms with Gasteiger partial charge in [-0.05, 0) is 54.9 Å². The van der Waals surface area contributed by atoms with Gasteiger partial charge < -0.3 is 5.11 Å². The van der Waals surface area contributed by atoms with Gasteiger partial charge in [0.1, 0.15) is 0 Å². The van der Waals surface area contributed by atoms with Crippen molar-refractivity contribution in [1.82, 2.24) is 0 Å². The van der Waals surface area contributed by atoms with Gasteiger partial charge in [0.15, 0.2) is 0 Å². The molecule has 0 bridgehead atoms. The van der Waals surface area contributed by atoms with Gasteiger partial charge in [-0.3, -0.25) is 0 Å². The molecule has 0 aromatic heterocycles. The summed E-state index contributed by atoms with van der Waals surface area (Å²) in [5.41, 5.74) is 4.33. The van der Waals surface area contributed by atoms with Crippen LogP contribution in [0.2, 0.25) is 0 Å². The number of unbranched alkanes of at least 4 members (excludes halogenated alkanes) is 16. The largest absolute Gasteiger partial charge is 0.478 e. The Bertz CT molecular complexity index is 693. The van der Waals surface area contributed by atoms with Crippen molar-refractivity contribution in [3.8, 4) is 0 Å². The highest BCUT2D eigenvalue weighted by molar-refractivity contribution is 5.89. The Hall–Kier alpha value is -1.31. The zero-order valence-corrected chi connectivity index (χ0v) is 25.4. The molecule has 0 saturated carbocycles. The van der Waals surface area contributed by atoms with Gasteiger partial charge in [0, 0.05) is 0 Å². The molecule has 1 N–H and O–H groups in total. The quantitative estimate of drug-likeness (QED) is 0.132. The summed E-state index contributed by atoms with van der Waals surface area (Å²) < 4.78 is 0. The lowest BCUT2D eigenvalue weighted by molar-refractivity contribution is 0.0696. The third-order valence-electron chi connectivity index (χ3n) is 8.40. The Balaban J connectivity index is 2.81. The lowest BCUT2D eigenvalue weighted by Gasteiger charge is -2.22. The molecule has 0 spiro atoms. The Labute approximate surface area is 231 Å². The van der Waals surface area contributed by atoms with Crippen LogP contribution in [-0.4, -0.2) is 11.1 Å². The van der Waals surface area contributed by atoms with Crippen LogP contribution in [-0.2, 0) is 12.8 Å². The summed E-state index contributed by atoms with van der Waals surface area (Å²) in [7, 11) is 0. The Morgan fingerprint density at radius 1 is 0.649 bits per heavy atom. The number of aryl methyl sites for hydroxylation is 1. The number of benzene rings is 1. The highest BCUT2D eigenvalue weighted by atomic mass is 16.4. The molecule has 2 nitrogen and oxygen atoms in total. The summed E-state index contributed by atoms with van der Waals surface area (Å²) in [6.07, 6.45) is 30.3. The number of carboxylic acids is 1. The molecule has 0 heterocycles. The molecule has 0 fully saturated rings. The van der Waals surface area contributed by atoms with Crippen molar-refractivity contribution in [2.75, 3.05) is 0 Å². The number of rotatable bonds is 25. The van der Waals surface area contributed by atoms with Crippen molar-refractivity contribution in [3.63, 3.8) is 0 Å². The SMILES string of the molecule is CCCCCCCCCCC(CCCCCCCC)Cc1c(CCCCCCC)ccc(C(=O)O)c1C. The molecular formula is C35H62O2. The maximum absolute atomic E-state index is 11.9. The fourth-order valence-electron chi connectivity index (χ4n) is 5.90. The van der Waals surface area contributed by atoms with Crippen molar-refractivity contribution in [2.45, 2.75) is 175 Å². The van der Waals surface area contributed by atoms with Crippen LogP contribution in [0, 0.1) is 12.8 Å². The predicted molar refractivity (Wildman–Crippen MR) is 163 cm³/mol. The first-order valence-electron chi connectivity index (χ1n) is 16.4. The van der Waals surface area contributed by atoms with E-state index in [9.17, 15) is 9.90 Å². The highest BCUT2D eigenvalue weighted by Gasteiger charge is 2.18. The van der Waals surface area contributed by atoms with Crippen LogP contribution in [0.5, 0.6) is 0 Å².